The van der Waals surface area contributed by atoms with Crippen LogP contribution in [0.15, 0.2) is 18.3 Å². The van der Waals surface area contributed by atoms with E-state index in [2.05, 4.69) is 22.3 Å². The summed E-state index contributed by atoms with van der Waals surface area (Å²) >= 11 is 0. The molecule has 34 heavy (non-hydrogen) atoms. The van der Waals surface area contributed by atoms with E-state index >= 15 is 4.39 Å². The Balaban J connectivity index is 1.83. The van der Waals surface area contributed by atoms with Crippen LogP contribution >= 0.6 is 0 Å². The van der Waals surface area contributed by atoms with E-state index in [1.165, 1.54) is 6.92 Å². The quantitative estimate of drug-likeness (QED) is 0.482. The average Bonchev–Trinajstić information content (AvgIpc) is 3.40. The van der Waals surface area contributed by atoms with E-state index in [9.17, 15) is 9.59 Å². The number of rotatable bonds is 7. The standard InChI is InChI=1S/C25H33FN6O2/c1-5-32-23(24(27)34)18(12-28-32)20(16-8-6-13(2)7-9-16)25-30-19-11-10-17(14(3)29-15(4)33)21(26)22(19)31-25/h10-14,16,20H,5-9H2,1-4H3,(H2,27,34)(H,29,33)(H,30,31)/t13?,14?,16?,20-/m0/s1. The zero-order chi connectivity index (χ0) is 24.6. The summed E-state index contributed by atoms with van der Waals surface area (Å²) in [7, 11) is 0. The molecule has 2 aromatic heterocycles. The SMILES string of the molecule is CCn1ncc([C@@H](c2nc3c(F)c(C(C)NC(C)=O)ccc3[nH]2)C2CCC(C)CC2)c1C(N)=O. The van der Waals surface area contributed by atoms with Gasteiger partial charge in [0.25, 0.3) is 5.91 Å². The monoisotopic (exact) mass is 468 g/mol. The van der Waals surface area contributed by atoms with Crippen LogP contribution in [0.25, 0.3) is 11.0 Å². The number of H-pyrrole nitrogens is 1. The maximum Gasteiger partial charge on any atom is 0.267 e. The number of aromatic amines is 1. The van der Waals surface area contributed by atoms with Crippen molar-refractivity contribution < 1.29 is 14.0 Å². The lowest BCUT2D eigenvalue weighted by atomic mass is 9.73. The highest BCUT2D eigenvalue weighted by molar-refractivity contribution is 5.93. The Labute approximate surface area is 198 Å². The molecule has 2 atom stereocenters. The van der Waals surface area contributed by atoms with Gasteiger partial charge in [0.1, 0.15) is 17.0 Å². The number of benzene rings is 1. The summed E-state index contributed by atoms with van der Waals surface area (Å²) in [6.45, 7) is 7.83. The van der Waals surface area contributed by atoms with Crippen LogP contribution in [0.4, 0.5) is 4.39 Å². The van der Waals surface area contributed by atoms with Crippen LogP contribution in [0.3, 0.4) is 0 Å². The van der Waals surface area contributed by atoms with Crippen molar-refractivity contribution in [2.45, 2.75) is 71.9 Å². The van der Waals surface area contributed by atoms with Gasteiger partial charge in [-0.2, -0.15) is 5.10 Å². The van der Waals surface area contributed by atoms with Gasteiger partial charge in [0.15, 0.2) is 5.82 Å². The number of hydrogen-bond donors (Lipinski definition) is 3. The average molecular weight is 469 g/mol. The molecule has 2 heterocycles. The van der Waals surface area contributed by atoms with Gasteiger partial charge in [-0.1, -0.05) is 25.8 Å². The zero-order valence-electron chi connectivity index (χ0n) is 20.2. The molecule has 1 saturated carbocycles. The minimum Gasteiger partial charge on any atom is -0.364 e. The molecule has 8 nitrogen and oxygen atoms in total. The number of halogens is 1. The molecule has 1 fully saturated rings. The number of imidazole rings is 1. The van der Waals surface area contributed by atoms with E-state index in [-0.39, 0.29) is 23.3 Å². The lowest BCUT2D eigenvalue weighted by Gasteiger charge is -2.31. The van der Waals surface area contributed by atoms with Gasteiger partial charge in [0, 0.05) is 30.5 Å². The third kappa shape index (κ3) is 4.43. The number of carbonyl (C=O) groups is 2. The number of amides is 2. The molecular formula is C25H33FN6O2. The number of carbonyl (C=O) groups excluding carboxylic acids is 2. The number of aryl methyl sites for hydroxylation is 1. The van der Waals surface area contributed by atoms with Crippen LogP contribution in [0.2, 0.25) is 0 Å². The number of nitrogens with one attached hydrogen (secondary N) is 2. The molecule has 1 aliphatic rings. The summed E-state index contributed by atoms with van der Waals surface area (Å²) in [5, 5.41) is 7.13. The van der Waals surface area contributed by atoms with Gasteiger partial charge in [-0.25, -0.2) is 9.37 Å². The number of fused-ring (bicyclic) bond motifs is 1. The Hall–Kier alpha value is -3.23. The second-order valence-electron chi connectivity index (χ2n) is 9.54. The van der Waals surface area contributed by atoms with E-state index in [4.69, 9.17) is 10.7 Å². The molecule has 4 N–H and O–H groups in total. The number of nitrogens with zero attached hydrogens (tertiary/aromatic N) is 3. The molecule has 0 saturated heterocycles. The second kappa shape index (κ2) is 9.56. The molecule has 0 bridgehead atoms. The zero-order valence-corrected chi connectivity index (χ0v) is 20.2. The van der Waals surface area contributed by atoms with E-state index in [1.807, 2.05) is 6.92 Å². The predicted octanol–water partition coefficient (Wildman–Crippen LogP) is 4.17. The highest BCUT2D eigenvalue weighted by Gasteiger charge is 2.35. The fourth-order valence-corrected chi connectivity index (χ4v) is 5.32. The fourth-order valence-electron chi connectivity index (χ4n) is 5.32. The van der Waals surface area contributed by atoms with Crippen LogP contribution < -0.4 is 11.1 Å². The Morgan fingerprint density at radius 1 is 1.26 bits per heavy atom. The first kappa shape index (κ1) is 23.9. The van der Waals surface area contributed by atoms with E-state index in [0.717, 1.165) is 31.2 Å². The van der Waals surface area contributed by atoms with Gasteiger partial charge in [0.05, 0.1) is 17.8 Å². The van der Waals surface area contributed by atoms with Crippen molar-refractivity contribution in [1.82, 2.24) is 25.1 Å². The normalized spacial score (nSPS) is 20.3. The van der Waals surface area contributed by atoms with Gasteiger partial charge in [0.2, 0.25) is 5.91 Å². The molecule has 1 aliphatic carbocycles. The second-order valence-corrected chi connectivity index (χ2v) is 9.54. The first-order valence-corrected chi connectivity index (χ1v) is 12.0. The Morgan fingerprint density at radius 2 is 1.97 bits per heavy atom. The Bertz CT molecular complexity index is 1210. The van der Waals surface area contributed by atoms with Crippen LogP contribution in [-0.4, -0.2) is 31.6 Å². The predicted molar refractivity (Wildman–Crippen MR) is 128 cm³/mol. The van der Waals surface area contributed by atoms with Crippen molar-refractivity contribution in [3.8, 4) is 0 Å². The fraction of sp³-hybridized carbons (Fsp3) is 0.520. The van der Waals surface area contributed by atoms with Gasteiger partial charge in [-0.15, -0.1) is 0 Å². The van der Waals surface area contributed by atoms with Gasteiger partial charge in [-0.05, 0) is 44.6 Å². The molecule has 182 valence electrons. The molecule has 3 aromatic rings. The van der Waals surface area contributed by atoms with Gasteiger partial charge < -0.3 is 16.0 Å². The maximum absolute atomic E-state index is 15.5. The lowest BCUT2D eigenvalue weighted by Crippen LogP contribution is -2.25. The number of nitrogens with two attached hydrogens (primary N) is 1. The summed E-state index contributed by atoms with van der Waals surface area (Å²) < 4.78 is 17.1. The van der Waals surface area contributed by atoms with Crippen molar-refractivity contribution >= 4 is 22.8 Å². The van der Waals surface area contributed by atoms with Crippen molar-refractivity contribution in [1.29, 1.82) is 0 Å². The third-order valence-corrected chi connectivity index (χ3v) is 7.09. The number of aromatic nitrogens is 4. The Morgan fingerprint density at radius 3 is 2.59 bits per heavy atom. The van der Waals surface area contributed by atoms with Crippen molar-refractivity contribution in [2.24, 2.45) is 17.6 Å². The van der Waals surface area contributed by atoms with Crippen molar-refractivity contribution in [3.63, 3.8) is 0 Å². The van der Waals surface area contributed by atoms with Crippen molar-refractivity contribution in [2.75, 3.05) is 0 Å². The highest BCUT2D eigenvalue weighted by atomic mass is 19.1. The van der Waals surface area contributed by atoms with Crippen LogP contribution in [0, 0.1) is 17.7 Å². The van der Waals surface area contributed by atoms with Crippen LogP contribution in [-0.2, 0) is 11.3 Å². The topological polar surface area (TPSA) is 119 Å². The third-order valence-electron chi connectivity index (χ3n) is 7.09. The number of hydrogen-bond acceptors (Lipinski definition) is 4. The number of primary amides is 1. The summed E-state index contributed by atoms with van der Waals surface area (Å²) in [6.07, 6.45) is 5.83. The molecule has 1 unspecified atom stereocenters. The minimum absolute atomic E-state index is 0.224. The maximum atomic E-state index is 15.5. The molecular weight excluding hydrogens is 435 g/mol. The van der Waals surface area contributed by atoms with Gasteiger partial charge in [-0.3, -0.25) is 14.3 Å². The lowest BCUT2D eigenvalue weighted by molar-refractivity contribution is -0.119. The summed E-state index contributed by atoms with van der Waals surface area (Å²) in [5.41, 5.74) is 8.06. The molecule has 4 rings (SSSR count). The molecule has 0 radical (unpaired) electrons. The summed E-state index contributed by atoms with van der Waals surface area (Å²) in [6, 6.07) is 2.97. The first-order chi connectivity index (χ1) is 16.2. The van der Waals surface area contributed by atoms with Gasteiger partial charge >= 0.3 is 0 Å². The van der Waals surface area contributed by atoms with E-state index < -0.39 is 17.8 Å². The largest absolute Gasteiger partial charge is 0.364 e. The molecule has 9 heteroatoms. The highest BCUT2D eigenvalue weighted by Crippen LogP contribution is 2.42. The molecule has 2 amide bonds. The molecule has 0 spiro atoms. The van der Waals surface area contributed by atoms with Crippen LogP contribution in [0.5, 0.6) is 0 Å². The summed E-state index contributed by atoms with van der Waals surface area (Å²) in [4.78, 5) is 31.9. The molecule has 1 aromatic carbocycles. The minimum atomic E-state index is -0.530. The van der Waals surface area contributed by atoms with E-state index in [1.54, 1.807) is 29.9 Å². The summed E-state index contributed by atoms with van der Waals surface area (Å²) in [5.74, 6) is 0.0124. The first-order valence-electron chi connectivity index (χ1n) is 12.0. The van der Waals surface area contributed by atoms with Crippen LogP contribution in [0.1, 0.15) is 92.8 Å². The van der Waals surface area contributed by atoms with E-state index in [0.29, 0.717) is 35.1 Å². The molecule has 0 aliphatic heterocycles. The Kier molecular flexibility index (Phi) is 6.72. The van der Waals surface area contributed by atoms with Crippen molar-refractivity contribution in [3.05, 3.63) is 46.8 Å². The smallest absolute Gasteiger partial charge is 0.267 e.